The Morgan fingerprint density at radius 2 is 1.48 bits per heavy atom. The van der Waals surface area contributed by atoms with Crippen molar-refractivity contribution < 1.29 is 19.1 Å². The van der Waals surface area contributed by atoms with Gasteiger partial charge in [0.2, 0.25) is 0 Å². The summed E-state index contributed by atoms with van der Waals surface area (Å²) in [6.07, 6.45) is -0.598. The molecule has 2 aromatic carbocycles. The minimum Gasteiger partial charge on any atom is -0.456 e. The van der Waals surface area contributed by atoms with Crippen LogP contribution in [0.15, 0.2) is 48.5 Å². The lowest BCUT2D eigenvalue weighted by Crippen LogP contribution is -2.43. The fraction of sp³-hybridized carbons (Fsp3) is 0.211. The van der Waals surface area contributed by atoms with Crippen LogP contribution in [-0.4, -0.2) is 28.7 Å². The van der Waals surface area contributed by atoms with E-state index in [0.29, 0.717) is 21.7 Å². The molecule has 25 heavy (non-hydrogen) atoms. The molecule has 0 aliphatic carbocycles. The molecule has 6 heteroatoms. The number of nitrogens with zero attached hydrogens (tertiary/aromatic N) is 1. The van der Waals surface area contributed by atoms with Crippen LogP contribution in [0.3, 0.4) is 0 Å². The minimum atomic E-state index is -1.03. The van der Waals surface area contributed by atoms with Crippen molar-refractivity contribution in [1.82, 2.24) is 4.90 Å². The highest BCUT2D eigenvalue weighted by Crippen LogP contribution is 2.28. The fourth-order valence-electron chi connectivity index (χ4n) is 2.81. The minimum absolute atomic E-state index is 0.298. The molecular formula is C19H16ClNO4. The molecule has 0 radical (unpaired) electrons. The molecule has 0 unspecified atom stereocenters. The highest BCUT2D eigenvalue weighted by atomic mass is 35.5. The number of carbonyl (C=O) groups is 3. The molecule has 5 nitrogen and oxygen atoms in total. The van der Waals surface area contributed by atoms with Crippen molar-refractivity contribution >= 4 is 29.4 Å². The molecule has 1 aliphatic rings. The number of carbonyl (C=O) groups excluding carboxylic acids is 3. The number of imide groups is 1. The molecule has 128 valence electrons. The van der Waals surface area contributed by atoms with Gasteiger partial charge >= 0.3 is 5.97 Å². The molecule has 0 spiro atoms. The number of hydrogen-bond acceptors (Lipinski definition) is 4. The van der Waals surface area contributed by atoms with E-state index in [1.165, 1.54) is 6.92 Å². The van der Waals surface area contributed by atoms with Crippen LogP contribution in [0, 0.1) is 0 Å². The molecule has 2 aromatic rings. The van der Waals surface area contributed by atoms with Crippen LogP contribution in [0.4, 0.5) is 0 Å². The molecule has 0 fully saturated rings. The Morgan fingerprint density at radius 3 is 2.04 bits per heavy atom. The van der Waals surface area contributed by atoms with Crippen molar-refractivity contribution in [1.29, 1.82) is 0 Å². The smallest absolute Gasteiger partial charge is 0.329 e. The third-order valence-corrected chi connectivity index (χ3v) is 4.53. The summed E-state index contributed by atoms with van der Waals surface area (Å²) in [4.78, 5) is 38.3. The van der Waals surface area contributed by atoms with E-state index in [-0.39, 0.29) is 0 Å². The quantitative estimate of drug-likeness (QED) is 0.619. The molecule has 3 rings (SSSR count). The second kappa shape index (κ2) is 6.69. The summed E-state index contributed by atoms with van der Waals surface area (Å²) >= 11 is 6.11. The number of benzene rings is 2. The highest BCUT2D eigenvalue weighted by Gasteiger charge is 2.41. The molecule has 0 N–H and O–H groups in total. The van der Waals surface area contributed by atoms with Gasteiger partial charge in [0.05, 0.1) is 11.1 Å². The van der Waals surface area contributed by atoms with E-state index in [2.05, 4.69) is 0 Å². The fourth-order valence-corrected chi connectivity index (χ4v) is 3.10. The zero-order valence-corrected chi connectivity index (χ0v) is 14.5. The molecule has 0 saturated carbocycles. The summed E-state index contributed by atoms with van der Waals surface area (Å²) in [6.45, 7) is 3.16. The number of amides is 2. The van der Waals surface area contributed by atoms with E-state index < -0.39 is 29.9 Å². The molecule has 0 bridgehead atoms. The van der Waals surface area contributed by atoms with E-state index >= 15 is 0 Å². The molecule has 2 amide bonds. The molecule has 0 aromatic heterocycles. The number of esters is 1. The second-order valence-electron chi connectivity index (χ2n) is 5.80. The van der Waals surface area contributed by atoms with Crippen LogP contribution in [0.5, 0.6) is 0 Å². The van der Waals surface area contributed by atoms with E-state index in [4.69, 9.17) is 16.3 Å². The maximum Gasteiger partial charge on any atom is 0.329 e. The standard InChI is InChI=1S/C19H16ClNO4/c1-11(19(24)25-12(2)13-7-5-6-10-16(13)20)21-17(22)14-8-3-4-9-15(14)18(21)23/h3-12H,1-2H3/t11-,12+/m1/s1. The average molecular weight is 358 g/mol. The molecule has 0 saturated heterocycles. The van der Waals surface area contributed by atoms with Crippen molar-refractivity contribution in [3.8, 4) is 0 Å². The number of rotatable bonds is 4. The summed E-state index contributed by atoms with van der Waals surface area (Å²) in [6, 6.07) is 12.5. The van der Waals surface area contributed by atoms with Crippen molar-refractivity contribution in [2.75, 3.05) is 0 Å². The highest BCUT2D eigenvalue weighted by molar-refractivity contribution is 6.31. The lowest BCUT2D eigenvalue weighted by atomic mass is 10.1. The van der Waals surface area contributed by atoms with Crippen LogP contribution >= 0.6 is 11.6 Å². The lowest BCUT2D eigenvalue weighted by molar-refractivity contribution is -0.152. The van der Waals surface area contributed by atoms with Crippen LogP contribution in [0.1, 0.15) is 46.2 Å². The Kier molecular flexibility index (Phi) is 4.59. The Balaban J connectivity index is 1.77. The summed E-state index contributed by atoms with van der Waals surface area (Å²) in [5, 5.41) is 0.483. The number of halogens is 1. The normalized spacial score (nSPS) is 15.7. The van der Waals surface area contributed by atoms with E-state index in [1.54, 1.807) is 55.5 Å². The largest absolute Gasteiger partial charge is 0.456 e. The predicted molar refractivity (Wildman–Crippen MR) is 92.4 cm³/mol. The average Bonchev–Trinajstić information content (AvgIpc) is 2.86. The van der Waals surface area contributed by atoms with Gasteiger partial charge in [-0.1, -0.05) is 41.9 Å². The first-order valence-electron chi connectivity index (χ1n) is 7.83. The van der Waals surface area contributed by atoms with Crippen LogP contribution in [0.2, 0.25) is 5.02 Å². The first-order valence-corrected chi connectivity index (χ1v) is 8.21. The van der Waals surface area contributed by atoms with E-state index in [0.717, 1.165) is 4.90 Å². The van der Waals surface area contributed by atoms with Crippen LogP contribution in [0.25, 0.3) is 0 Å². The third-order valence-electron chi connectivity index (χ3n) is 4.19. The van der Waals surface area contributed by atoms with Crippen molar-refractivity contribution in [3.05, 3.63) is 70.2 Å². The Labute approximate surface area is 150 Å². The molecule has 2 atom stereocenters. The summed E-state index contributed by atoms with van der Waals surface area (Å²) in [5.74, 6) is -1.65. The summed E-state index contributed by atoms with van der Waals surface area (Å²) in [5.41, 5.74) is 1.25. The molecular weight excluding hydrogens is 342 g/mol. The number of fused-ring (bicyclic) bond motifs is 1. The summed E-state index contributed by atoms with van der Waals surface area (Å²) < 4.78 is 5.42. The maximum absolute atomic E-state index is 12.5. The first kappa shape index (κ1) is 17.2. The van der Waals surface area contributed by atoms with Gasteiger partial charge in [0.1, 0.15) is 12.1 Å². The Hall–Kier alpha value is -2.66. The van der Waals surface area contributed by atoms with E-state index in [9.17, 15) is 14.4 Å². The van der Waals surface area contributed by atoms with Gasteiger partial charge in [-0.3, -0.25) is 14.5 Å². The zero-order chi connectivity index (χ0) is 18.1. The SMILES string of the molecule is C[C@H](OC(=O)[C@@H](C)N1C(=O)c2ccccc2C1=O)c1ccccc1Cl. The van der Waals surface area contributed by atoms with Gasteiger partial charge in [0, 0.05) is 10.6 Å². The topological polar surface area (TPSA) is 63.7 Å². The number of hydrogen-bond donors (Lipinski definition) is 0. The third kappa shape index (κ3) is 3.03. The van der Waals surface area contributed by atoms with Gasteiger partial charge in [0.25, 0.3) is 11.8 Å². The Bertz CT molecular complexity index is 829. The monoisotopic (exact) mass is 357 g/mol. The number of ether oxygens (including phenoxy) is 1. The van der Waals surface area contributed by atoms with Crippen LogP contribution in [-0.2, 0) is 9.53 Å². The van der Waals surface area contributed by atoms with Crippen molar-refractivity contribution in [2.45, 2.75) is 26.0 Å². The summed E-state index contributed by atoms with van der Waals surface area (Å²) in [7, 11) is 0. The second-order valence-corrected chi connectivity index (χ2v) is 6.21. The van der Waals surface area contributed by atoms with Gasteiger partial charge in [-0.2, -0.15) is 0 Å². The van der Waals surface area contributed by atoms with Gasteiger partial charge in [-0.05, 0) is 32.0 Å². The maximum atomic E-state index is 12.5. The van der Waals surface area contributed by atoms with Crippen molar-refractivity contribution in [2.24, 2.45) is 0 Å². The lowest BCUT2D eigenvalue weighted by Gasteiger charge is -2.23. The zero-order valence-electron chi connectivity index (χ0n) is 13.7. The van der Waals surface area contributed by atoms with Gasteiger partial charge in [-0.25, -0.2) is 4.79 Å². The molecule has 1 aliphatic heterocycles. The first-order chi connectivity index (χ1) is 11.9. The van der Waals surface area contributed by atoms with Crippen molar-refractivity contribution in [3.63, 3.8) is 0 Å². The van der Waals surface area contributed by atoms with Crippen LogP contribution < -0.4 is 0 Å². The molecule has 1 heterocycles. The predicted octanol–water partition coefficient (Wildman–Crippen LogP) is 3.63. The van der Waals surface area contributed by atoms with Gasteiger partial charge < -0.3 is 4.74 Å². The van der Waals surface area contributed by atoms with Gasteiger partial charge in [-0.15, -0.1) is 0 Å². The van der Waals surface area contributed by atoms with E-state index in [1.807, 2.05) is 0 Å². The Morgan fingerprint density at radius 1 is 0.960 bits per heavy atom. The van der Waals surface area contributed by atoms with Gasteiger partial charge in [0.15, 0.2) is 0 Å².